The van der Waals surface area contributed by atoms with Gasteiger partial charge in [0.15, 0.2) is 0 Å². The first-order valence-corrected chi connectivity index (χ1v) is 2.97. The van der Waals surface area contributed by atoms with Crippen molar-refractivity contribution in [2.24, 2.45) is 0 Å². The molecule has 0 aliphatic carbocycles. The molecule has 0 aromatic carbocycles. The molecule has 0 aliphatic rings. The molecule has 0 rings (SSSR count). The maximum Gasteiger partial charge on any atom is 0.149 e. The lowest BCUT2D eigenvalue weighted by molar-refractivity contribution is -0.104. The minimum Gasteiger partial charge on any atom is -0.298 e. The average Bonchev–Trinajstić information content (AvgIpc) is 1.82. The first kappa shape index (κ1) is 8.15. The molecule has 0 N–H and O–H groups in total. The van der Waals surface area contributed by atoms with Crippen LogP contribution in [0.5, 0.6) is 0 Å². The van der Waals surface area contributed by atoms with Gasteiger partial charge in [0.2, 0.25) is 0 Å². The fraction of sp³-hybridized carbons (Fsp3) is 0.375. The number of aldehydes is 1. The number of hydrogen-bond donors (Lipinski definition) is 0. The monoisotopic (exact) mass is 124 g/mol. The highest BCUT2D eigenvalue weighted by Crippen LogP contribution is 2.00. The summed E-state index contributed by atoms with van der Waals surface area (Å²) in [5.74, 6) is 0. The van der Waals surface area contributed by atoms with Gasteiger partial charge in [-0.15, -0.1) is 0 Å². The van der Waals surface area contributed by atoms with E-state index < -0.39 is 0 Å². The molecule has 50 valence electrons. The number of rotatable bonds is 2. The van der Waals surface area contributed by atoms with Gasteiger partial charge in [-0.2, -0.15) is 0 Å². The molecule has 0 saturated carbocycles. The van der Waals surface area contributed by atoms with Crippen LogP contribution >= 0.6 is 0 Å². The zero-order chi connectivity index (χ0) is 7.28. The fourth-order valence-corrected chi connectivity index (χ4v) is 0.503. The standard InChI is InChI=1S/C8H12O/c1-4-5-8(6-9)7(2)3/h4-6H,1-3H3/b5-4+. The van der Waals surface area contributed by atoms with E-state index in [9.17, 15) is 4.79 Å². The summed E-state index contributed by atoms with van der Waals surface area (Å²) in [5.41, 5.74) is 1.83. The van der Waals surface area contributed by atoms with E-state index in [0.29, 0.717) is 0 Å². The van der Waals surface area contributed by atoms with E-state index in [1.54, 1.807) is 0 Å². The zero-order valence-electron chi connectivity index (χ0n) is 6.14. The van der Waals surface area contributed by atoms with Gasteiger partial charge < -0.3 is 0 Å². The van der Waals surface area contributed by atoms with Gasteiger partial charge >= 0.3 is 0 Å². The molecule has 0 bridgehead atoms. The van der Waals surface area contributed by atoms with Crippen LogP contribution in [0.3, 0.4) is 0 Å². The fourth-order valence-electron chi connectivity index (χ4n) is 0.503. The summed E-state index contributed by atoms with van der Waals surface area (Å²) in [5, 5.41) is 0. The third-order valence-electron chi connectivity index (χ3n) is 1.05. The summed E-state index contributed by atoms with van der Waals surface area (Å²) in [6.07, 6.45) is 4.54. The molecular formula is C8H12O. The molecule has 0 fully saturated rings. The smallest absolute Gasteiger partial charge is 0.149 e. The van der Waals surface area contributed by atoms with Crippen LogP contribution in [0.2, 0.25) is 0 Å². The highest BCUT2D eigenvalue weighted by atomic mass is 16.1. The summed E-state index contributed by atoms with van der Waals surface area (Å²) in [6.45, 7) is 5.74. The van der Waals surface area contributed by atoms with Gasteiger partial charge in [0.05, 0.1) is 0 Å². The lowest BCUT2D eigenvalue weighted by Crippen LogP contribution is -1.81. The largest absolute Gasteiger partial charge is 0.298 e. The Morgan fingerprint density at radius 3 is 2.00 bits per heavy atom. The SMILES string of the molecule is C/C=C/C(C=O)=C(C)C. The van der Waals surface area contributed by atoms with Crippen molar-refractivity contribution in [3.8, 4) is 0 Å². The predicted octanol–water partition coefficient (Wildman–Crippen LogP) is 2.10. The molecule has 0 unspecified atom stereocenters. The third-order valence-corrected chi connectivity index (χ3v) is 1.05. The molecule has 0 spiro atoms. The van der Waals surface area contributed by atoms with Gasteiger partial charge in [-0.05, 0) is 20.8 Å². The Kier molecular flexibility index (Phi) is 3.69. The molecule has 0 atom stereocenters. The molecule has 1 nitrogen and oxygen atoms in total. The molecule has 0 aromatic heterocycles. The topological polar surface area (TPSA) is 17.1 Å². The molecule has 0 heterocycles. The number of carbonyl (C=O) groups is 1. The molecule has 0 radical (unpaired) electrons. The van der Waals surface area contributed by atoms with Crippen LogP contribution in [-0.4, -0.2) is 6.29 Å². The molecular weight excluding hydrogens is 112 g/mol. The first-order valence-electron chi connectivity index (χ1n) is 2.97. The van der Waals surface area contributed by atoms with Crippen LogP contribution in [0, 0.1) is 0 Å². The number of carbonyl (C=O) groups excluding carboxylic acids is 1. The van der Waals surface area contributed by atoms with E-state index in [1.807, 2.05) is 32.9 Å². The van der Waals surface area contributed by atoms with Crippen molar-refractivity contribution in [3.63, 3.8) is 0 Å². The summed E-state index contributed by atoms with van der Waals surface area (Å²) in [4.78, 5) is 10.2. The Balaban J connectivity index is 4.34. The van der Waals surface area contributed by atoms with Gasteiger partial charge in [0, 0.05) is 5.57 Å². The van der Waals surface area contributed by atoms with Crippen LogP contribution < -0.4 is 0 Å². The highest BCUT2D eigenvalue weighted by molar-refractivity contribution is 5.78. The van der Waals surface area contributed by atoms with Crippen molar-refractivity contribution in [2.75, 3.05) is 0 Å². The van der Waals surface area contributed by atoms with Crippen molar-refractivity contribution < 1.29 is 4.79 Å². The van der Waals surface area contributed by atoms with Crippen molar-refractivity contribution in [1.82, 2.24) is 0 Å². The van der Waals surface area contributed by atoms with Gasteiger partial charge in [-0.1, -0.05) is 17.7 Å². The van der Waals surface area contributed by atoms with Crippen LogP contribution in [0.15, 0.2) is 23.3 Å². The van der Waals surface area contributed by atoms with E-state index in [-0.39, 0.29) is 0 Å². The van der Waals surface area contributed by atoms with E-state index >= 15 is 0 Å². The van der Waals surface area contributed by atoms with E-state index in [2.05, 4.69) is 0 Å². The van der Waals surface area contributed by atoms with Crippen molar-refractivity contribution in [2.45, 2.75) is 20.8 Å². The molecule has 9 heavy (non-hydrogen) atoms. The van der Waals surface area contributed by atoms with Crippen molar-refractivity contribution in [1.29, 1.82) is 0 Å². The number of hydrogen-bond acceptors (Lipinski definition) is 1. The predicted molar refractivity (Wildman–Crippen MR) is 39.3 cm³/mol. The lowest BCUT2D eigenvalue weighted by atomic mass is 10.1. The number of allylic oxidation sites excluding steroid dienone is 4. The maximum atomic E-state index is 10.2. The highest BCUT2D eigenvalue weighted by Gasteiger charge is 1.88. The van der Waals surface area contributed by atoms with Crippen molar-refractivity contribution >= 4 is 6.29 Å². The summed E-state index contributed by atoms with van der Waals surface area (Å²) in [6, 6.07) is 0. The normalized spacial score (nSPS) is 9.67. The maximum absolute atomic E-state index is 10.2. The van der Waals surface area contributed by atoms with E-state index in [1.165, 1.54) is 0 Å². The molecule has 1 heteroatoms. The Morgan fingerprint density at radius 1 is 1.33 bits per heavy atom. The van der Waals surface area contributed by atoms with Crippen molar-refractivity contribution in [3.05, 3.63) is 23.3 Å². The van der Waals surface area contributed by atoms with Crippen LogP contribution in [0.25, 0.3) is 0 Å². The summed E-state index contributed by atoms with van der Waals surface area (Å²) in [7, 11) is 0. The molecule has 0 amide bonds. The van der Waals surface area contributed by atoms with Crippen LogP contribution in [0.4, 0.5) is 0 Å². The first-order chi connectivity index (χ1) is 4.22. The summed E-state index contributed by atoms with van der Waals surface area (Å²) < 4.78 is 0. The average molecular weight is 124 g/mol. The van der Waals surface area contributed by atoms with Gasteiger partial charge in [0.1, 0.15) is 6.29 Å². The van der Waals surface area contributed by atoms with Crippen LogP contribution in [0.1, 0.15) is 20.8 Å². The molecule has 0 aliphatic heterocycles. The zero-order valence-corrected chi connectivity index (χ0v) is 6.14. The third kappa shape index (κ3) is 2.85. The van der Waals surface area contributed by atoms with Gasteiger partial charge in [-0.25, -0.2) is 0 Å². The van der Waals surface area contributed by atoms with Gasteiger partial charge in [-0.3, -0.25) is 4.79 Å². The van der Waals surface area contributed by atoms with E-state index in [4.69, 9.17) is 0 Å². The second-order valence-electron chi connectivity index (χ2n) is 2.07. The minimum atomic E-state index is 0.775. The molecule has 0 saturated heterocycles. The Hall–Kier alpha value is -0.850. The quantitative estimate of drug-likeness (QED) is 0.313. The Morgan fingerprint density at radius 2 is 1.89 bits per heavy atom. The second kappa shape index (κ2) is 4.07. The van der Waals surface area contributed by atoms with Gasteiger partial charge in [0.25, 0.3) is 0 Å². The Bertz CT molecular complexity index is 148. The van der Waals surface area contributed by atoms with Crippen LogP contribution in [-0.2, 0) is 4.79 Å². The lowest BCUT2D eigenvalue weighted by Gasteiger charge is -1.90. The molecule has 0 aromatic rings. The minimum absolute atomic E-state index is 0.775. The Labute approximate surface area is 56.1 Å². The second-order valence-corrected chi connectivity index (χ2v) is 2.07. The van der Waals surface area contributed by atoms with E-state index in [0.717, 1.165) is 17.4 Å². The summed E-state index contributed by atoms with van der Waals surface area (Å²) >= 11 is 0.